The van der Waals surface area contributed by atoms with Crippen LogP contribution in [0.5, 0.6) is 11.5 Å². The second kappa shape index (κ2) is 9.21. The molecule has 0 radical (unpaired) electrons. The second-order valence-electron chi connectivity index (χ2n) is 8.47. The molecule has 2 N–H and O–H groups in total. The van der Waals surface area contributed by atoms with Crippen LogP contribution in [0, 0.1) is 11.6 Å². The zero-order valence-corrected chi connectivity index (χ0v) is 19.3. The molecule has 1 fully saturated rings. The third kappa shape index (κ3) is 4.23. The van der Waals surface area contributed by atoms with Crippen molar-refractivity contribution in [3.05, 3.63) is 94.6 Å². The lowest BCUT2D eigenvalue weighted by Gasteiger charge is -2.26. The summed E-state index contributed by atoms with van der Waals surface area (Å²) in [5.74, 6) is -3.99. The number of ether oxygens (including phenoxy) is 1. The van der Waals surface area contributed by atoms with Crippen molar-refractivity contribution in [2.24, 2.45) is 0 Å². The van der Waals surface area contributed by atoms with Crippen LogP contribution in [0.1, 0.15) is 42.5 Å². The van der Waals surface area contributed by atoms with E-state index in [9.17, 15) is 28.6 Å². The number of hydrogen-bond donors (Lipinski definition) is 2. The van der Waals surface area contributed by atoms with E-state index < -0.39 is 40.8 Å². The summed E-state index contributed by atoms with van der Waals surface area (Å²) in [5, 5.41) is 21.3. The maximum absolute atomic E-state index is 14.8. The number of nitrogens with zero attached hydrogens (tertiary/aromatic N) is 1. The van der Waals surface area contributed by atoms with Gasteiger partial charge < -0.3 is 14.9 Å². The summed E-state index contributed by atoms with van der Waals surface area (Å²) >= 11 is 0. The molecule has 1 atom stereocenters. The summed E-state index contributed by atoms with van der Waals surface area (Å²) in [6, 6.07) is 11.7. The summed E-state index contributed by atoms with van der Waals surface area (Å²) in [7, 11) is 1.52. The van der Waals surface area contributed by atoms with Gasteiger partial charge in [0.25, 0.3) is 11.7 Å². The topological polar surface area (TPSA) is 87.1 Å². The lowest BCUT2D eigenvalue weighted by molar-refractivity contribution is -0.132. The van der Waals surface area contributed by atoms with E-state index in [0.717, 1.165) is 28.7 Å². The quantitative estimate of drug-likeness (QED) is 0.290. The van der Waals surface area contributed by atoms with E-state index in [0.29, 0.717) is 5.75 Å². The van der Waals surface area contributed by atoms with Gasteiger partial charge in [-0.05, 0) is 59.5 Å². The van der Waals surface area contributed by atoms with Crippen molar-refractivity contribution in [2.45, 2.75) is 25.8 Å². The third-order valence-electron chi connectivity index (χ3n) is 5.92. The molecule has 1 amide bonds. The van der Waals surface area contributed by atoms with Crippen LogP contribution in [0.3, 0.4) is 0 Å². The summed E-state index contributed by atoms with van der Waals surface area (Å²) in [6.45, 7) is 3.86. The smallest absolute Gasteiger partial charge is 0.300 e. The van der Waals surface area contributed by atoms with Crippen LogP contribution in [0.2, 0.25) is 0 Å². The van der Waals surface area contributed by atoms with Gasteiger partial charge in [-0.3, -0.25) is 14.5 Å². The minimum absolute atomic E-state index is 0.0170. The fourth-order valence-electron chi connectivity index (χ4n) is 4.25. The van der Waals surface area contributed by atoms with E-state index >= 15 is 0 Å². The van der Waals surface area contributed by atoms with Crippen LogP contribution in [0.4, 0.5) is 14.5 Å². The minimum atomic E-state index is -1.32. The molecular formula is C27H23F2NO5. The highest BCUT2D eigenvalue weighted by atomic mass is 19.1. The monoisotopic (exact) mass is 479 g/mol. The normalized spacial score (nSPS) is 17.3. The Labute approximate surface area is 200 Å². The maximum Gasteiger partial charge on any atom is 0.300 e. The number of methoxy groups -OCH3 is 1. The number of anilines is 1. The molecule has 1 aliphatic heterocycles. The van der Waals surface area contributed by atoms with Crippen LogP contribution < -0.4 is 9.64 Å². The predicted octanol–water partition coefficient (Wildman–Crippen LogP) is 5.43. The Morgan fingerprint density at radius 2 is 1.77 bits per heavy atom. The number of aromatic hydroxyl groups is 1. The van der Waals surface area contributed by atoms with Gasteiger partial charge in [-0.1, -0.05) is 26.0 Å². The van der Waals surface area contributed by atoms with Gasteiger partial charge in [0.05, 0.1) is 24.4 Å². The molecule has 4 rings (SSSR count). The Kier molecular flexibility index (Phi) is 6.30. The highest BCUT2D eigenvalue weighted by Crippen LogP contribution is 2.44. The van der Waals surface area contributed by atoms with Gasteiger partial charge in [-0.15, -0.1) is 0 Å². The minimum Gasteiger partial charge on any atom is -0.508 e. The molecule has 1 aliphatic rings. The number of amides is 1. The number of phenolic OH excluding ortho intramolecular Hbond substituents is 1. The molecule has 180 valence electrons. The Balaban J connectivity index is 1.99. The van der Waals surface area contributed by atoms with Gasteiger partial charge in [0.2, 0.25) is 0 Å². The molecule has 1 unspecified atom stereocenters. The number of carbonyl (C=O) groups excluding carboxylic acids is 2. The lowest BCUT2D eigenvalue weighted by atomic mass is 9.93. The van der Waals surface area contributed by atoms with Crippen molar-refractivity contribution >= 4 is 23.1 Å². The predicted molar refractivity (Wildman–Crippen MR) is 126 cm³/mol. The highest BCUT2D eigenvalue weighted by Gasteiger charge is 2.48. The summed E-state index contributed by atoms with van der Waals surface area (Å²) < 4.78 is 34.2. The van der Waals surface area contributed by atoms with Gasteiger partial charge >= 0.3 is 0 Å². The zero-order valence-electron chi connectivity index (χ0n) is 19.3. The molecule has 35 heavy (non-hydrogen) atoms. The third-order valence-corrected chi connectivity index (χ3v) is 5.92. The largest absolute Gasteiger partial charge is 0.508 e. The van der Waals surface area contributed by atoms with Crippen molar-refractivity contribution in [3.63, 3.8) is 0 Å². The number of hydrogen-bond acceptors (Lipinski definition) is 5. The summed E-state index contributed by atoms with van der Waals surface area (Å²) in [6.07, 6.45) is 0. The van der Waals surface area contributed by atoms with E-state index in [1.807, 2.05) is 13.8 Å². The Morgan fingerprint density at radius 1 is 1.03 bits per heavy atom. The number of aliphatic hydroxyl groups is 1. The molecule has 0 aliphatic carbocycles. The Hall–Kier alpha value is -4.20. The number of halogens is 2. The molecule has 1 saturated heterocycles. The van der Waals surface area contributed by atoms with Crippen LogP contribution in [0.15, 0.2) is 66.2 Å². The number of benzene rings is 3. The lowest BCUT2D eigenvalue weighted by Crippen LogP contribution is -2.30. The molecule has 1 heterocycles. The van der Waals surface area contributed by atoms with Crippen molar-refractivity contribution in [2.75, 3.05) is 12.0 Å². The van der Waals surface area contributed by atoms with Gasteiger partial charge in [0, 0.05) is 11.6 Å². The molecule has 8 heteroatoms. The van der Waals surface area contributed by atoms with Crippen molar-refractivity contribution in [1.82, 2.24) is 0 Å². The molecule has 0 spiro atoms. The van der Waals surface area contributed by atoms with E-state index in [2.05, 4.69) is 0 Å². The second-order valence-corrected chi connectivity index (χ2v) is 8.47. The first-order valence-corrected chi connectivity index (χ1v) is 10.9. The van der Waals surface area contributed by atoms with Crippen LogP contribution >= 0.6 is 0 Å². The number of rotatable bonds is 5. The van der Waals surface area contributed by atoms with Gasteiger partial charge in [0.1, 0.15) is 28.9 Å². The summed E-state index contributed by atoms with van der Waals surface area (Å²) in [4.78, 5) is 27.1. The standard InChI is InChI=1S/C27H23F2NO5/c1-14(2)19-12-16(7-10-22(19)35-3)25(32)23-24(15-5-4-6-18(31)11-15)30(27(34)26(23)33)21-13-17(28)8-9-20(21)29/h4-14,24,31-32H,1-3H3/b25-23-. The van der Waals surface area contributed by atoms with E-state index in [1.54, 1.807) is 12.1 Å². The fourth-order valence-corrected chi connectivity index (χ4v) is 4.25. The van der Waals surface area contributed by atoms with Crippen molar-refractivity contribution in [3.8, 4) is 11.5 Å². The molecule has 3 aromatic rings. The number of ketones is 1. The average Bonchev–Trinajstić information content (AvgIpc) is 3.10. The van der Waals surface area contributed by atoms with Crippen LogP contribution in [-0.4, -0.2) is 29.0 Å². The van der Waals surface area contributed by atoms with Crippen molar-refractivity contribution < 1.29 is 33.3 Å². The zero-order chi connectivity index (χ0) is 25.4. The van der Waals surface area contributed by atoms with Gasteiger partial charge in [-0.2, -0.15) is 0 Å². The molecule has 0 aromatic heterocycles. The number of aliphatic hydroxyl groups excluding tert-OH is 1. The van der Waals surface area contributed by atoms with E-state index in [-0.39, 0.29) is 28.4 Å². The number of phenols is 1. The first-order valence-electron chi connectivity index (χ1n) is 10.9. The molecule has 6 nitrogen and oxygen atoms in total. The first-order chi connectivity index (χ1) is 16.6. The number of Topliss-reactive ketones (excluding diaryl/α,β-unsaturated/α-hetero) is 1. The molecule has 0 saturated carbocycles. The maximum atomic E-state index is 14.8. The molecule has 0 bridgehead atoms. The summed E-state index contributed by atoms with van der Waals surface area (Å²) in [5.41, 5.74) is 0.460. The average molecular weight is 479 g/mol. The fraction of sp³-hybridized carbons (Fsp3) is 0.185. The van der Waals surface area contributed by atoms with Crippen molar-refractivity contribution in [1.29, 1.82) is 0 Å². The van der Waals surface area contributed by atoms with E-state index in [4.69, 9.17) is 4.74 Å². The van der Waals surface area contributed by atoms with Gasteiger partial charge in [-0.25, -0.2) is 8.78 Å². The van der Waals surface area contributed by atoms with Gasteiger partial charge in [0.15, 0.2) is 0 Å². The Bertz CT molecular complexity index is 1370. The molecular weight excluding hydrogens is 456 g/mol. The van der Waals surface area contributed by atoms with Crippen LogP contribution in [-0.2, 0) is 9.59 Å². The Morgan fingerprint density at radius 3 is 2.43 bits per heavy atom. The first kappa shape index (κ1) is 23.9. The molecule has 3 aromatic carbocycles. The SMILES string of the molecule is COc1ccc(/C(O)=C2/C(=O)C(=O)N(c3cc(F)ccc3F)C2c2cccc(O)c2)cc1C(C)C. The number of carbonyl (C=O) groups is 2. The van der Waals surface area contributed by atoms with E-state index in [1.165, 1.54) is 37.4 Å². The van der Waals surface area contributed by atoms with Crippen LogP contribution in [0.25, 0.3) is 5.76 Å². The highest BCUT2D eigenvalue weighted by molar-refractivity contribution is 6.51.